The van der Waals surface area contributed by atoms with Crippen LogP contribution in [0.2, 0.25) is 10.0 Å². The standard InChI is InChI=1S/C31H22Cl2N2O5/c32-21-8-13-27(26(33)14-21)38-18-29(36)39-23-11-12-24-28(15-23)40-31(35)25(16-34)30(24)20-6-9-22(10-7-20)37-17-19-4-2-1-3-5-19/h1-15,30H,17-18,35H2. The number of esters is 1. The minimum atomic E-state index is -0.648. The molecule has 5 rings (SSSR count). The number of carbonyl (C=O) groups excluding carboxylic acids is 1. The third-order valence-corrected chi connectivity index (χ3v) is 6.65. The maximum atomic E-state index is 12.4. The molecule has 1 aliphatic rings. The highest BCUT2D eigenvalue weighted by molar-refractivity contribution is 6.35. The van der Waals surface area contributed by atoms with E-state index in [1.807, 2.05) is 54.6 Å². The Labute approximate surface area is 240 Å². The lowest BCUT2D eigenvalue weighted by Crippen LogP contribution is -2.21. The van der Waals surface area contributed by atoms with Crippen LogP contribution in [0.5, 0.6) is 23.0 Å². The topological polar surface area (TPSA) is 104 Å². The number of hydrogen-bond acceptors (Lipinski definition) is 7. The molecule has 0 aromatic heterocycles. The highest BCUT2D eigenvalue weighted by atomic mass is 35.5. The third-order valence-electron chi connectivity index (χ3n) is 6.12. The summed E-state index contributed by atoms with van der Waals surface area (Å²) in [6, 6.07) is 29.1. The van der Waals surface area contributed by atoms with Gasteiger partial charge in [0.2, 0.25) is 5.88 Å². The van der Waals surface area contributed by atoms with Crippen LogP contribution >= 0.6 is 23.2 Å². The minimum Gasteiger partial charge on any atom is -0.489 e. The Morgan fingerprint density at radius 1 is 0.925 bits per heavy atom. The van der Waals surface area contributed by atoms with Crippen LogP contribution in [0.25, 0.3) is 0 Å². The van der Waals surface area contributed by atoms with E-state index in [1.165, 1.54) is 6.07 Å². The summed E-state index contributed by atoms with van der Waals surface area (Å²) in [5, 5.41) is 10.6. The number of nitriles is 1. The quantitative estimate of drug-likeness (QED) is 0.183. The van der Waals surface area contributed by atoms with Crippen molar-refractivity contribution < 1.29 is 23.7 Å². The molecule has 2 N–H and O–H groups in total. The Morgan fingerprint density at radius 3 is 2.40 bits per heavy atom. The summed E-state index contributed by atoms with van der Waals surface area (Å²) in [4.78, 5) is 12.4. The molecule has 1 unspecified atom stereocenters. The summed E-state index contributed by atoms with van der Waals surface area (Å²) in [6.45, 7) is 0.0666. The van der Waals surface area contributed by atoms with Crippen molar-refractivity contribution >= 4 is 29.2 Å². The molecule has 0 saturated heterocycles. The molecular weight excluding hydrogens is 551 g/mol. The van der Waals surface area contributed by atoms with E-state index < -0.39 is 11.9 Å². The lowest BCUT2D eigenvalue weighted by molar-refractivity contribution is -0.136. The predicted octanol–water partition coefficient (Wildman–Crippen LogP) is 6.77. The molecule has 1 heterocycles. The first-order chi connectivity index (χ1) is 19.4. The Morgan fingerprint density at radius 2 is 1.68 bits per heavy atom. The normalized spacial score (nSPS) is 14.0. The fraction of sp³-hybridized carbons (Fsp3) is 0.0968. The zero-order chi connectivity index (χ0) is 28.1. The Kier molecular flexibility index (Phi) is 8.11. The number of ether oxygens (including phenoxy) is 4. The molecule has 0 aliphatic carbocycles. The molecule has 0 amide bonds. The lowest BCUT2D eigenvalue weighted by atomic mass is 9.83. The Balaban J connectivity index is 1.30. The molecule has 9 heteroatoms. The van der Waals surface area contributed by atoms with E-state index in [-0.39, 0.29) is 28.8 Å². The maximum absolute atomic E-state index is 12.4. The van der Waals surface area contributed by atoms with Crippen molar-refractivity contribution in [2.24, 2.45) is 5.73 Å². The van der Waals surface area contributed by atoms with Gasteiger partial charge in [-0.2, -0.15) is 5.26 Å². The van der Waals surface area contributed by atoms with E-state index in [4.69, 9.17) is 47.9 Å². The van der Waals surface area contributed by atoms with Crippen LogP contribution in [0.1, 0.15) is 22.6 Å². The van der Waals surface area contributed by atoms with Crippen LogP contribution in [-0.2, 0) is 11.4 Å². The SMILES string of the molecule is N#CC1=C(N)Oc2cc(OC(=O)COc3ccc(Cl)cc3Cl)ccc2C1c1ccc(OCc2ccccc2)cc1. The molecule has 40 heavy (non-hydrogen) atoms. The minimum absolute atomic E-state index is 0.0198. The molecule has 0 fully saturated rings. The van der Waals surface area contributed by atoms with Gasteiger partial charge in [-0.1, -0.05) is 71.7 Å². The van der Waals surface area contributed by atoms with Crippen molar-refractivity contribution in [3.8, 4) is 29.1 Å². The molecule has 4 aromatic carbocycles. The zero-order valence-electron chi connectivity index (χ0n) is 21.0. The van der Waals surface area contributed by atoms with Crippen LogP contribution < -0.4 is 24.7 Å². The van der Waals surface area contributed by atoms with E-state index in [9.17, 15) is 10.1 Å². The highest BCUT2D eigenvalue weighted by Crippen LogP contribution is 2.43. The molecule has 7 nitrogen and oxygen atoms in total. The summed E-state index contributed by atoms with van der Waals surface area (Å²) < 4.78 is 22.5. The number of rotatable bonds is 8. The maximum Gasteiger partial charge on any atom is 0.349 e. The lowest BCUT2D eigenvalue weighted by Gasteiger charge is -2.26. The third kappa shape index (κ3) is 6.15. The van der Waals surface area contributed by atoms with Gasteiger partial charge >= 0.3 is 5.97 Å². The van der Waals surface area contributed by atoms with Crippen LogP contribution in [0.3, 0.4) is 0 Å². The van der Waals surface area contributed by atoms with Gasteiger partial charge in [-0.15, -0.1) is 0 Å². The summed E-state index contributed by atoms with van der Waals surface area (Å²) >= 11 is 12.0. The van der Waals surface area contributed by atoms with Crippen molar-refractivity contribution in [2.45, 2.75) is 12.5 Å². The van der Waals surface area contributed by atoms with Gasteiger partial charge in [0.1, 0.15) is 41.2 Å². The summed E-state index contributed by atoms with van der Waals surface area (Å²) in [6.07, 6.45) is 0. The Bertz CT molecular complexity index is 1620. The molecule has 0 radical (unpaired) electrons. The van der Waals surface area contributed by atoms with E-state index in [2.05, 4.69) is 6.07 Å². The molecule has 4 aromatic rings. The van der Waals surface area contributed by atoms with E-state index >= 15 is 0 Å². The summed E-state index contributed by atoms with van der Waals surface area (Å²) in [5.74, 6) is 0.457. The van der Waals surface area contributed by atoms with E-state index in [0.29, 0.717) is 34.4 Å². The molecule has 0 bridgehead atoms. The van der Waals surface area contributed by atoms with Crippen LogP contribution in [0, 0.1) is 11.3 Å². The molecular formula is C31H22Cl2N2O5. The fourth-order valence-corrected chi connectivity index (χ4v) is 4.69. The molecule has 0 saturated carbocycles. The average molecular weight is 573 g/mol. The van der Waals surface area contributed by atoms with Crippen LogP contribution in [0.4, 0.5) is 0 Å². The first kappa shape index (κ1) is 26.9. The molecule has 0 spiro atoms. The van der Waals surface area contributed by atoms with Gasteiger partial charge < -0.3 is 24.7 Å². The largest absolute Gasteiger partial charge is 0.489 e. The second-order valence-electron chi connectivity index (χ2n) is 8.81. The van der Waals surface area contributed by atoms with Gasteiger partial charge in [0.15, 0.2) is 6.61 Å². The number of carbonyl (C=O) groups is 1. The number of allylic oxidation sites excluding steroid dienone is 1. The summed E-state index contributed by atoms with van der Waals surface area (Å²) in [7, 11) is 0. The number of fused-ring (bicyclic) bond motifs is 1. The summed E-state index contributed by atoms with van der Waals surface area (Å²) in [5.41, 5.74) is 8.99. The molecule has 1 atom stereocenters. The van der Waals surface area contributed by atoms with Crippen LogP contribution in [0.15, 0.2) is 102 Å². The second kappa shape index (κ2) is 12.0. The Hall–Kier alpha value is -4.64. The van der Waals surface area contributed by atoms with Crippen molar-refractivity contribution in [1.82, 2.24) is 0 Å². The predicted molar refractivity (Wildman–Crippen MR) is 151 cm³/mol. The second-order valence-corrected chi connectivity index (χ2v) is 9.65. The van der Waals surface area contributed by atoms with Crippen LogP contribution in [-0.4, -0.2) is 12.6 Å². The van der Waals surface area contributed by atoms with Gasteiger partial charge in [0, 0.05) is 16.7 Å². The monoisotopic (exact) mass is 572 g/mol. The number of hydrogen-bond donors (Lipinski definition) is 1. The molecule has 1 aliphatic heterocycles. The number of nitrogens with two attached hydrogens (primary N) is 1. The van der Waals surface area contributed by atoms with Crippen molar-refractivity contribution in [2.75, 3.05) is 6.61 Å². The number of benzene rings is 4. The van der Waals surface area contributed by atoms with Gasteiger partial charge in [0.05, 0.1) is 10.9 Å². The van der Waals surface area contributed by atoms with Crippen molar-refractivity contribution in [1.29, 1.82) is 5.26 Å². The zero-order valence-corrected chi connectivity index (χ0v) is 22.5. The first-order valence-corrected chi connectivity index (χ1v) is 12.9. The average Bonchev–Trinajstić information content (AvgIpc) is 2.95. The van der Waals surface area contributed by atoms with Gasteiger partial charge in [-0.05, 0) is 47.5 Å². The van der Waals surface area contributed by atoms with Gasteiger partial charge in [-0.3, -0.25) is 0 Å². The fourth-order valence-electron chi connectivity index (χ4n) is 4.23. The highest BCUT2D eigenvalue weighted by Gasteiger charge is 2.31. The number of nitrogens with zero attached hydrogens (tertiary/aromatic N) is 1. The van der Waals surface area contributed by atoms with E-state index in [0.717, 1.165) is 11.1 Å². The number of halogens is 2. The smallest absolute Gasteiger partial charge is 0.349 e. The van der Waals surface area contributed by atoms with Crippen molar-refractivity contribution in [3.63, 3.8) is 0 Å². The van der Waals surface area contributed by atoms with Gasteiger partial charge in [-0.25, -0.2) is 4.79 Å². The molecule has 200 valence electrons. The van der Waals surface area contributed by atoms with Crippen molar-refractivity contribution in [3.05, 3.63) is 129 Å². The van der Waals surface area contributed by atoms with E-state index in [1.54, 1.807) is 30.3 Å². The first-order valence-electron chi connectivity index (χ1n) is 12.2. The van der Waals surface area contributed by atoms with Gasteiger partial charge in [0.25, 0.3) is 0 Å².